The summed E-state index contributed by atoms with van der Waals surface area (Å²) in [5.74, 6) is 1.02. The van der Waals surface area contributed by atoms with Crippen LogP contribution in [0.2, 0.25) is 0 Å². The number of nitrogens with one attached hydrogen (secondary N) is 1. The summed E-state index contributed by atoms with van der Waals surface area (Å²) in [7, 11) is 0. The van der Waals surface area contributed by atoms with Gasteiger partial charge >= 0.3 is 0 Å². The molecule has 1 aliphatic rings. The number of carbonyl (C=O) groups is 1. The van der Waals surface area contributed by atoms with E-state index in [-0.39, 0.29) is 11.9 Å². The largest absolute Gasteiger partial charge is 0.393 e. The van der Waals surface area contributed by atoms with Crippen LogP contribution in [0.15, 0.2) is 10.6 Å². The van der Waals surface area contributed by atoms with Crippen molar-refractivity contribution in [3.05, 3.63) is 17.5 Å². The molecular formula is C12H18N2O3. The molecule has 1 aromatic rings. The van der Waals surface area contributed by atoms with Crippen molar-refractivity contribution in [2.75, 3.05) is 0 Å². The van der Waals surface area contributed by atoms with Crippen molar-refractivity contribution in [2.24, 2.45) is 0 Å². The first-order chi connectivity index (χ1) is 8.06. The molecule has 1 heterocycles. The Morgan fingerprint density at radius 2 is 2.35 bits per heavy atom. The maximum atomic E-state index is 11.8. The van der Waals surface area contributed by atoms with E-state index in [0.29, 0.717) is 18.0 Å². The van der Waals surface area contributed by atoms with Crippen LogP contribution in [0.3, 0.4) is 0 Å². The van der Waals surface area contributed by atoms with E-state index >= 15 is 0 Å². The molecule has 1 aromatic heterocycles. The van der Waals surface area contributed by atoms with Crippen LogP contribution in [-0.4, -0.2) is 28.3 Å². The third kappa shape index (κ3) is 3.30. The Kier molecular flexibility index (Phi) is 3.47. The highest BCUT2D eigenvalue weighted by molar-refractivity contribution is 5.92. The Balaban J connectivity index is 1.89. The minimum atomic E-state index is -0.426. The second kappa shape index (κ2) is 4.87. The standard InChI is InChI=1S/C12H18N2O3/c1-7(5-8(2)15)13-12(16)10-6-11(17-14-10)9-3-4-9/h6-9,15H,3-5H2,1-2H3,(H,13,16). The van der Waals surface area contributed by atoms with E-state index in [1.54, 1.807) is 13.0 Å². The predicted octanol–water partition coefficient (Wildman–Crippen LogP) is 1.44. The van der Waals surface area contributed by atoms with Crippen molar-refractivity contribution < 1.29 is 14.4 Å². The van der Waals surface area contributed by atoms with E-state index in [9.17, 15) is 9.90 Å². The van der Waals surface area contributed by atoms with Crippen molar-refractivity contribution in [1.82, 2.24) is 10.5 Å². The van der Waals surface area contributed by atoms with Gasteiger partial charge in [0.05, 0.1) is 6.10 Å². The lowest BCUT2D eigenvalue weighted by Crippen LogP contribution is -2.34. The molecule has 0 aromatic carbocycles. The Hall–Kier alpha value is -1.36. The molecule has 1 fully saturated rings. The maximum absolute atomic E-state index is 11.8. The number of hydrogen-bond acceptors (Lipinski definition) is 4. The van der Waals surface area contributed by atoms with Gasteiger partial charge in [0.2, 0.25) is 0 Å². The molecule has 0 aliphatic heterocycles. The molecule has 2 atom stereocenters. The summed E-state index contributed by atoms with van der Waals surface area (Å²) in [4.78, 5) is 11.8. The van der Waals surface area contributed by atoms with Gasteiger partial charge in [-0.3, -0.25) is 4.79 Å². The molecule has 1 aliphatic carbocycles. The monoisotopic (exact) mass is 238 g/mol. The van der Waals surface area contributed by atoms with Crippen molar-refractivity contribution in [3.8, 4) is 0 Å². The molecule has 5 nitrogen and oxygen atoms in total. The van der Waals surface area contributed by atoms with Crippen molar-refractivity contribution in [1.29, 1.82) is 0 Å². The molecule has 2 rings (SSSR count). The Morgan fingerprint density at radius 3 is 2.94 bits per heavy atom. The lowest BCUT2D eigenvalue weighted by atomic mass is 10.1. The molecule has 5 heteroatoms. The van der Waals surface area contributed by atoms with Gasteiger partial charge in [-0.2, -0.15) is 0 Å². The number of aliphatic hydroxyl groups is 1. The average Bonchev–Trinajstić information content (AvgIpc) is 2.95. The van der Waals surface area contributed by atoms with Crippen LogP contribution in [-0.2, 0) is 0 Å². The Bertz CT molecular complexity index is 396. The lowest BCUT2D eigenvalue weighted by molar-refractivity contribution is 0.0914. The zero-order valence-electron chi connectivity index (χ0n) is 10.1. The Morgan fingerprint density at radius 1 is 1.65 bits per heavy atom. The number of rotatable bonds is 5. The van der Waals surface area contributed by atoms with Gasteiger partial charge < -0.3 is 14.9 Å². The number of amides is 1. The van der Waals surface area contributed by atoms with E-state index in [1.807, 2.05) is 6.92 Å². The summed E-state index contributed by atoms with van der Waals surface area (Å²) in [6.07, 6.45) is 2.34. The molecule has 0 bridgehead atoms. The van der Waals surface area contributed by atoms with Gasteiger partial charge in [-0.05, 0) is 33.1 Å². The van der Waals surface area contributed by atoms with Crippen molar-refractivity contribution in [2.45, 2.75) is 51.2 Å². The first-order valence-corrected chi connectivity index (χ1v) is 6.02. The van der Waals surface area contributed by atoms with E-state index < -0.39 is 6.10 Å². The topological polar surface area (TPSA) is 75.4 Å². The van der Waals surface area contributed by atoms with E-state index in [0.717, 1.165) is 18.6 Å². The highest BCUT2D eigenvalue weighted by atomic mass is 16.5. The molecule has 0 saturated heterocycles. The van der Waals surface area contributed by atoms with Gasteiger partial charge in [0.1, 0.15) is 5.76 Å². The van der Waals surface area contributed by atoms with Gasteiger partial charge in [-0.15, -0.1) is 0 Å². The summed E-state index contributed by atoms with van der Waals surface area (Å²) < 4.78 is 5.11. The summed E-state index contributed by atoms with van der Waals surface area (Å²) >= 11 is 0. The molecular weight excluding hydrogens is 220 g/mol. The van der Waals surface area contributed by atoms with Crippen molar-refractivity contribution in [3.63, 3.8) is 0 Å². The lowest BCUT2D eigenvalue weighted by Gasteiger charge is -2.14. The van der Waals surface area contributed by atoms with Gasteiger partial charge in [0.25, 0.3) is 5.91 Å². The molecule has 1 amide bonds. The molecule has 94 valence electrons. The van der Waals surface area contributed by atoms with E-state index in [4.69, 9.17) is 4.52 Å². The van der Waals surface area contributed by atoms with Crippen LogP contribution in [0, 0.1) is 0 Å². The van der Waals surface area contributed by atoms with Crippen LogP contribution in [0.1, 0.15) is 55.3 Å². The maximum Gasteiger partial charge on any atom is 0.273 e. The third-order valence-electron chi connectivity index (χ3n) is 2.81. The average molecular weight is 238 g/mol. The van der Waals surface area contributed by atoms with Crippen LogP contribution in [0.5, 0.6) is 0 Å². The third-order valence-corrected chi connectivity index (χ3v) is 2.81. The number of aromatic nitrogens is 1. The molecule has 0 spiro atoms. The number of aliphatic hydroxyl groups excluding tert-OH is 1. The SMILES string of the molecule is CC(O)CC(C)NC(=O)c1cc(C2CC2)on1. The smallest absolute Gasteiger partial charge is 0.273 e. The van der Waals surface area contributed by atoms with Gasteiger partial charge in [-0.25, -0.2) is 0 Å². The predicted molar refractivity (Wildman–Crippen MR) is 61.7 cm³/mol. The fourth-order valence-electron chi connectivity index (χ4n) is 1.82. The first-order valence-electron chi connectivity index (χ1n) is 6.02. The highest BCUT2D eigenvalue weighted by Gasteiger charge is 2.29. The van der Waals surface area contributed by atoms with Crippen LogP contribution in [0.25, 0.3) is 0 Å². The molecule has 1 saturated carbocycles. The van der Waals surface area contributed by atoms with Gasteiger partial charge in [-0.1, -0.05) is 5.16 Å². The number of nitrogens with zero attached hydrogens (tertiary/aromatic N) is 1. The summed E-state index contributed by atoms with van der Waals surface area (Å²) in [5.41, 5.74) is 0.323. The van der Waals surface area contributed by atoms with Crippen LogP contribution < -0.4 is 5.32 Å². The van der Waals surface area contributed by atoms with Gasteiger partial charge in [0, 0.05) is 18.0 Å². The fourth-order valence-corrected chi connectivity index (χ4v) is 1.82. The zero-order valence-corrected chi connectivity index (χ0v) is 10.1. The van der Waals surface area contributed by atoms with E-state index in [1.165, 1.54) is 0 Å². The van der Waals surface area contributed by atoms with Crippen LogP contribution >= 0.6 is 0 Å². The number of hydrogen-bond donors (Lipinski definition) is 2. The minimum Gasteiger partial charge on any atom is -0.393 e. The zero-order chi connectivity index (χ0) is 12.4. The normalized spacial score (nSPS) is 18.8. The molecule has 17 heavy (non-hydrogen) atoms. The summed E-state index contributed by atoms with van der Waals surface area (Å²) in [6, 6.07) is 1.63. The summed E-state index contributed by atoms with van der Waals surface area (Å²) in [5, 5.41) is 15.7. The van der Waals surface area contributed by atoms with Crippen LogP contribution in [0.4, 0.5) is 0 Å². The van der Waals surface area contributed by atoms with Gasteiger partial charge in [0.15, 0.2) is 5.69 Å². The quantitative estimate of drug-likeness (QED) is 0.814. The fraction of sp³-hybridized carbons (Fsp3) is 0.667. The Labute approximate surface area is 100 Å². The number of carbonyl (C=O) groups excluding carboxylic acids is 1. The van der Waals surface area contributed by atoms with Crippen molar-refractivity contribution >= 4 is 5.91 Å². The van der Waals surface area contributed by atoms with E-state index in [2.05, 4.69) is 10.5 Å². The molecule has 2 unspecified atom stereocenters. The molecule has 0 radical (unpaired) electrons. The summed E-state index contributed by atoms with van der Waals surface area (Å²) in [6.45, 7) is 3.55. The first kappa shape index (κ1) is 12.1. The minimum absolute atomic E-state index is 0.0800. The second-order valence-electron chi connectivity index (χ2n) is 4.85. The second-order valence-corrected chi connectivity index (χ2v) is 4.85. The molecule has 2 N–H and O–H groups in total. The highest BCUT2D eigenvalue weighted by Crippen LogP contribution is 2.40.